The van der Waals surface area contributed by atoms with Crippen molar-refractivity contribution in [2.75, 3.05) is 19.8 Å². The van der Waals surface area contributed by atoms with Gasteiger partial charge in [0.25, 0.3) is 0 Å². The Labute approximate surface area is 136 Å². The Balaban J connectivity index is 2.08. The van der Waals surface area contributed by atoms with E-state index in [2.05, 4.69) is 0 Å². The first-order valence-electron chi connectivity index (χ1n) is 8.09. The highest BCUT2D eigenvalue weighted by molar-refractivity contribution is 4.90. The smallest absolute Gasteiger partial charge is 0.379 e. The zero-order valence-electron chi connectivity index (χ0n) is 13.3. The lowest BCUT2D eigenvalue weighted by atomic mass is 10.0. The van der Waals surface area contributed by atoms with E-state index >= 15 is 0 Å². The second kappa shape index (κ2) is 9.22. The van der Waals surface area contributed by atoms with Crippen LogP contribution in [0.25, 0.3) is 0 Å². The summed E-state index contributed by atoms with van der Waals surface area (Å²) >= 11 is 0. The maximum atomic E-state index is 13.0. The summed E-state index contributed by atoms with van der Waals surface area (Å²) in [5.41, 5.74) is 0. The van der Waals surface area contributed by atoms with Crippen LogP contribution in [0.2, 0.25) is 0 Å². The molecule has 0 N–H and O–H groups in total. The Bertz CT molecular complexity index is 352. The van der Waals surface area contributed by atoms with Gasteiger partial charge in [0.15, 0.2) is 0 Å². The Morgan fingerprint density at radius 2 is 1.54 bits per heavy atom. The summed E-state index contributed by atoms with van der Waals surface area (Å²) in [5, 5.41) is 0. The van der Waals surface area contributed by atoms with Crippen LogP contribution in [0, 0.1) is 0 Å². The van der Waals surface area contributed by atoms with Gasteiger partial charge in [-0.3, -0.25) is 0 Å². The lowest BCUT2D eigenvalue weighted by Crippen LogP contribution is -2.51. The van der Waals surface area contributed by atoms with Crippen molar-refractivity contribution in [2.45, 2.75) is 75.5 Å². The molecule has 1 atom stereocenters. The molecule has 1 rings (SSSR count). The van der Waals surface area contributed by atoms with Gasteiger partial charge in [-0.25, -0.2) is 0 Å². The van der Waals surface area contributed by atoms with E-state index < -0.39 is 30.9 Å². The molecule has 0 bridgehead atoms. The highest BCUT2D eigenvalue weighted by atomic mass is 19.4. The van der Waals surface area contributed by atoms with E-state index in [0.29, 0.717) is 32.7 Å². The van der Waals surface area contributed by atoms with Gasteiger partial charge in [-0.15, -0.1) is 0 Å². The van der Waals surface area contributed by atoms with Crippen LogP contribution in [0.1, 0.15) is 51.4 Å². The van der Waals surface area contributed by atoms with Crippen molar-refractivity contribution >= 4 is 0 Å². The van der Waals surface area contributed by atoms with E-state index in [1.165, 1.54) is 0 Å². The fourth-order valence-corrected chi connectivity index (χ4v) is 2.42. The molecule has 1 saturated heterocycles. The molecule has 0 amide bonds. The van der Waals surface area contributed by atoms with E-state index in [9.17, 15) is 30.7 Å². The number of halogens is 7. The maximum absolute atomic E-state index is 13.0. The Morgan fingerprint density at radius 3 is 2.12 bits per heavy atom. The summed E-state index contributed by atoms with van der Waals surface area (Å²) in [7, 11) is 0. The zero-order valence-corrected chi connectivity index (χ0v) is 13.3. The normalized spacial score (nSPS) is 20.4. The van der Waals surface area contributed by atoms with Gasteiger partial charge in [-0.2, -0.15) is 30.7 Å². The summed E-state index contributed by atoms with van der Waals surface area (Å²) in [4.78, 5) is 0. The predicted molar refractivity (Wildman–Crippen MR) is 73.4 cm³/mol. The Kier molecular flexibility index (Phi) is 8.25. The van der Waals surface area contributed by atoms with E-state index in [4.69, 9.17) is 9.47 Å². The van der Waals surface area contributed by atoms with Gasteiger partial charge in [-0.05, 0) is 32.1 Å². The van der Waals surface area contributed by atoms with Crippen molar-refractivity contribution in [3.05, 3.63) is 0 Å². The van der Waals surface area contributed by atoms with E-state index in [1.807, 2.05) is 0 Å². The predicted octanol–water partition coefficient (Wildman–Crippen LogP) is 5.36. The Hall–Kier alpha value is -0.570. The Morgan fingerprint density at radius 1 is 0.875 bits per heavy atom. The van der Waals surface area contributed by atoms with Crippen LogP contribution in [0.4, 0.5) is 30.7 Å². The molecular formula is C15H23F7O2. The second-order valence-corrected chi connectivity index (χ2v) is 6.00. The first kappa shape index (κ1) is 21.5. The van der Waals surface area contributed by atoms with Gasteiger partial charge in [0.2, 0.25) is 0 Å². The highest BCUT2D eigenvalue weighted by Gasteiger charge is 2.72. The van der Waals surface area contributed by atoms with E-state index in [-0.39, 0.29) is 12.5 Å². The minimum Gasteiger partial charge on any atom is -0.379 e. The van der Waals surface area contributed by atoms with Crippen LogP contribution in [0.5, 0.6) is 0 Å². The van der Waals surface area contributed by atoms with Crippen molar-refractivity contribution in [2.24, 2.45) is 0 Å². The summed E-state index contributed by atoms with van der Waals surface area (Å²) in [6, 6.07) is 0. The minimum absolute atomic E-state index is 0.0713. The molecule has 1 aliphatic heterocycles. The van der Waals surface area contributed by atoms with Crippen LogP contribution < -0.4 is 0 Å². The number of rotatable bonds is 10. The molecule has 0 spiro atoms. The molecule has 0 aliphatic carbocycles. The summed E-state index contributed by atoms with van der Waals surface area (Å²) in [6.07, 6.45) is -3.89. The zero-order chi connectivity index (χ0) is 18.3. The average Bonchev–Trinajstić information content (AvgIpc) is 2.49. The fourth-order valence-electron chi connectivity index (χ4n) is 2.42. The van der Waals surface area contributed by atoms with Crippen molar-refractivity contribution in [1.82, 2.24) is 0 Å². The van der Waals surface area contributed by atoms with Gasteiger partial charge in [0.05, 0.1) is 12.7 Å². The third-order valence-electron chi connectivity index (χ3n) is 3.92. The number of alkyl halides is 7. The average molecular weight is 368 g/mol. The first-order valence-corrected chi connectivity index (χ1v) is 8.09. The molecule has 0 aromatic heterocycles. The molecule has 2 nitrogen and oxygen atoms in total. The van der Waals surface area contributed by atoms with E-state index in [0.717, 1.165) is 19.3 Å². The maximum Gasteiger partial charge on any atom is 0.459 e. The van der Waals surface area contributed by atoms with Crippen LogP contribution in [-0.2, 0) is 9.47 Å². The number of hydrogen-bond donors (Lipinski definition) is 0. The van der Waals surface area contributed by atoms with Crippen molar-refractivity contribution in [1.29, 1.82) is 0 Å². The minimum atomic E-state index is -6.24. The summed E-state index contributed by atoms with van der Waals surface area (Å²) < 4.78 is 98.0. The lowest BCUT2D eigenvalue weighted by molar-refractivity contribution is -0.355. The first-order chi connectivity index (χ1) is 11.1. The van der Waals surface area contributed by atoms with Crippen molar-refractivity contribution < 1.29 is 40.2 Å². The quantitative estimate of drug-likeness (QED) is 0.382. The monoisotopic (exact) mass is 368 g/mol. The van der Waals surface area contributed by atoms with Crippen LogP contribution in [0.3, 0.4) is 0 Å². The molecule has 9 heteroatoms. The lowest BCUT2D eigenvalue weighted by Gasteiger charge is -2.28. The molecule has 1 heterocycles. The summed E-state index contributed by atoms with van der Waals surface area (Å²) in [6.45, 7) is 1.55. The number of ether oxygens (including phenoxy) is 2. The fraction of sp³-hybridized carbons (Fsp3) is 1.00. The molecule has 144 valence electrons. The van der Waals surface area contributed by atoms with Gasteiger partial charge in [-0.1, -0.05) is 12.8 Å². The van der Waals surface area contributed by atoms with Crippen LogP contribution in [-0.4, -0.2) is 43.9 Å². The van der Waals surface area contributed by atoms with Gasteiger partial charge in [0, 0.05) is 19.6 Å². The third kappa shape index (κ3) is 6.38. The molecular weight excluding hydrogens is 345 g/mol. The molecule has 0 saturated carbocycles. The molecule has 1 unspecified atom stereocenters. The molecule has 24 heavy (non-hydrogen) atoms. The second-order valence-electron chi connectivity index (χ2n) is 6.00. The molecule has 1 aliphatic rings. The molecule has 0 radical (unpaired) electrons. The largest absolute Gasteiger partial charge is 0.459 e. The standard InChI is InChI=1S/C15H23F7O2/c16-13(17,14(18,19)15(20,21)22)8-4-1-2-5-9-23-11-12-7-3-6-10-24-12/h12H,1-11H2. The van der Waals surface area contributed by atoms with Crippen molar-refractivity contribution in [3.63, 3.8) is 0 Å². The third-order valence-corrected chi connectivity index (χ3v) is 3.92. The number of hydrogen-bond acceptors (Lipinski definition) is 2. The van der Waals surface area contributed by atoms with Crippen molar-refractivity contribution in [3.8, 4) is 0 Å². The van der Waals surface area contributed by atoms with E-state index in [1.54, 1.807) is 0 Å². The molecule has 1 fully saturated rings. The SMILES string of the molecule is FC(F)(F)C(F)(F)C(F)(F)CCCCCCOCC1CCCCO1. The highest BCUT2D eigenvalue weighted by Crippen LogP contribution is 2.48. The van der Waals surface area contributed by atoms with Crippen LogP contribution in [0.15, 0.2) is 0 Å². The van der Waals surface area contributed by atoms with Crippen LogP contribution >= 0.6 is 0 Å². The topological polar surface area (TPSA) is 18.5 Å². The number of unbranched alkanes of at least 4 members (excludes halogenated alkanes) is 3. The molecule has 0 aromatic carbocycles. The summed E-state index contributed by atoms with van der Waals surface area (Å²) in [5.74, 6) is -11.1. The van der Waals surface area contributed by atoms with Gasteiger partial charge >= 0.3 is 18.0 Å². The van der Waals surface area contributed by atoms with Gasteiger partial charge < -0.3 is 9.47 Å². The molecule has 0 aromatic rings. The van der Waals surface area contributed by atoms with Gasteiger partial charge in [0.1, 0.15) is 0 Å².